The van der Waals surface area contributed by atoms with E-state index in [2.05, 4.69) is 10.4 Å². The largest absolute Gasteiger partial charge is 0.345 e. The van der Waals surface area contributed by atoms with Gasteiger partial charge in [-0.1, -0.05) is 6.07 Å². The number of nitrogens with one attached hydrogen (secondary N) is 1. The number of nitrogens with zero attached hydrogens (tertiary/aromatic N) is 2. The summed E-state index contributed by atoms with van der Waals surface area (Å²) < 4.78 is 42.2. The van der Waals surface area contributed by atoms with Crippen LogP contribution in [-0.4, -0.2) is 15.7 Å². The van der Waals surface area contributed by atoms with Gasteiger partial charge in [0, 0.05) is 11.3 Å². The number of amides is 1. The molecule has 1 unspecified atom stereocenters. The second kappa shape index (κ2) is 7.03. The highest BCUT2D eigenvalue weighted by atomic mass is 19.1. The highest BCUT2D eigenvalue weighted by molar-refractivity contribution is 5.95. The first-order chi connectivity index (χ1) is 12.4. The first-order valence-electron chi connectivity index (χ1n) is 7.94. The molecule has 1 aromatic heterocycles. The number of carbonyl (C=O) groups excluding carboxylic acids is 1. The molecule has 1 amide bonds. The average Bonchev–Trinajstić information content (AvgIpc) is 2.97. The number of carbonyl (C=O) groups is 1. The number of benzene rings is 2. The summed E-state index contributed by atoms with van der Waals surface area (Å²) in [6, 6.07) is 8.53. The van der Waals surface area contributed by atoms with Crippen molar-refractivity contribution in [3.63, 3.8) is 0 Å². The van der Waals surface area contributed by atoms with Crippen LogP contribution in [0.3, 0.4) is 0 Å². The molecule has 1 N–H and O–H groups in total. The third-order valence-corrected chi connectivity index (χ3v) is 4.12. The van der Waals surface area contributed by atoms with Crippen LogP contribution in [0.2, 0.25) is 0 Å². The van der Waals surface area contributed by atoms with Gasteiger partial charge in [-0.3, -0.25) is 4.79 Å². The molecule has 0 saturated heterocycles. The fourth-order valence-electron chi connectivity index (χ4n) is 2.75. The van der Waals surface area contributed by atoms with E-state index in [0.717, 1.165) is 17.8 Å². The molecule has 26 heavy (non-hydrogen) atoms. The van der Waals surface area contributed by atoms with Crippen molar-refractivity contribution < 1.29 is 18.0 Å². The molecule has 0 aliphatic heterocycles. The van der Waals surface area contributed by atoms with Crippen LogP contribution in [0.1, 0.15) is 34.6 Å². The molecule has 134 valence electrons. The minimum atomic E-state index is -0.923. The monoisotopic (exact) mass is 359 g/mol. The third-order valence-electron chi connectivity index (χ3n) is 4.12. The van der Waals surface area contributed by atoms with Gasteiger partial charge >= 0.3 is 0 Å². The molecular weight excluding hydrogens is 343 g/mol. The summed E-state index contributed by atoms with van der Waals surface area (Å²) in [7, 11) is 0. The van der Waals surface area contributed by atoms with E-state index < -0.39 is 29.1 Å². The Morgan fingerprint density at radius 1 is 1.08 bits per heavy atom. The Kier molecular flexibility index (Phi) is 4.79. The molecule has 3 rings (SSSR count). The van der Waals surface area contributed by atoms with E-state index >= 15 is 0 Å². The second-order valence-corrected chi connectivity index (χ2v) is 5.87. The molecule has 0 fully saturated rings. The van der Waals surface area contributed by atoms with E-state index in [1.54, 1.807) is 36.9 Å². The van der Waals surface area contributed by atoms with Crippen LogP contribution in [0.5, 0.6) is 0 Å². The zero-order chi connectivity index (χ0) is 18.8. The first-order valence-corrected chi connectivity index (χ1v) is 7.94. The standard InChI is InChI=1S/C19H16F3N3O/c1-11(24-19(26)18-16(21)4-3-5-17(18)22)15-10-23-25(12(15)2)14-8-6-13(20)7-9-14/h3-11H,1-2H3,(H,24,26). The van der Waals surface area contributed by atoms with Crippen molar-refractivity contribution in [3.05, 3.63) is 82.9 Å². The smallest absolute Gasteiger partial charge is 0.257 e. The summed E-state index contributed by atoms with van der Waals surface area (Å²) in [4.78, 5) is 12.2. The van der Waals surface area contributed by atoms with Gasteiger partial charge in [0.1, 0.15) is 23.0 Å². The molecule has 7 heteroatoms. The van der Waals surface area contributed by atoms with Crippen LogP contribution in [0, 0.1) is 24.4 Å². The molecule has 0 spiro atoms. The third kappa shape index (κ3) is 3.33. The highest BCUT2D eigenvalue weighted by Gasteiger charge is 2.21. The van der Waals surface area contributed by atoms with Gasteiger partial charge in [0.25, 0.3) is 5.91 Å². The van der Waals surface area contributed by atoms with Crippen molar-refractivity contribution in [2.45, 2.75) is 19.9 Å². The maximum Gasteiger partial charge on any atom is 0.257 e. The fraction of sp³-hybridized carbons (Fsp3) is 0.158. The first kappa shape index (κ1) is 17.7. The van der Waals surface area contributed by atoms with Crippen LogP contribution in [0.25, 0.3) is 5.69 Å². The van der Waals surface area contributed by atoms with E-state index in [9.17, 15) is 18.0 Å². The SMILES string of the molecule is Cc1c(C(C)NC(=O)c2c(F)cccc2F)cnn1-c1ccc(F)cc1. The summed E-state index contributed by atoms with van der Waals surface area (Å²) in [5.74, 6) is -3.05. The van der Waals surface area contributed by atoms with Crippen LogP contribution in [0.15, 0.2) is 48.7 Å². The summed E-state index contributed by atoms with van der Waals surface area (Å²) >= 11 is 0. The molecule has 0 radical (unpaired) electrons. The molecule has 0 aliphatic rings. The lowest BCUT2D eigenvalue weighted by atomic mass is 10.1. The topological polar surface area (TPSA) is 46.9 Å². The zero-order valence-corrected chi connectivity index (χ0v) is 14.1. The van der Waals surface area contributed by atoms with E-state index in [4.69, 9.17) is 0 Å². The Balaban J connectivity index is 1.84. The summed E-state index contributed by atoms with van der Waals surface area (Å²) in [6.45, 7) is 3.48. The minimum absolute atomic E-state index is 0.355. The van der Waals surface area contributed by atoms with Crippen LogP contribution < -0.4 is 5.32 Å². The van der Waals surface area contributed by atoms with Gasteiger partial charge in [-0.05, 0) is 50.2 Å². The molecule has 1 heterocycles. The predicted octanol–water partition coefficient (Wildman–Crippen LogP) is 4.09. The Labute approximate surface area is 148 Å². The number of hydrogen-bond donors (Lipinski definition) is 1. The predicted molar refractivity (Wildman–Crippen MR) is 90.5 cm³/mol. The van der Waals surface area contributed by atoms with Gasteiger partial charge in [0.15, 0.2) is 0 Å². The van der Waals surface area contributed by atoms with Crippen molar-refractivity contribution in [3.8, 4) is 5.69 Å². The van der Waals surface area contributed by atoms with Crippen molar-refractivity contribution in [2.24, 2.45) is 0 Å². The van der Waals surface area contributed by atoms with Gasteiger partial charge in [-0.2, -0.15) is 5.10 Å². The second-order valence-electron chi connectivity index (χ2n) is 5.87. The van der Waals surface area contributed by atoms with Gasteiger partial charge in [0.05, 0.1) is 17.9 Å². The van der Waals surface area contributed by atoms with Gasteiger partial charge < -0.3 is 5.32 Å². The fourth-order valence-corrected chi connectivity index (χ4v) is 2.75. The number of rotatable bonds is 4. The normalized spacial score (nSPS) is 12.0. The molecule has 0 bridgehead atoms. The summed E-state index contributed by atoms with van der Waals surface area (Å²) in [5.41, 5.74) is 1.44. The number of aromatic nitrogens is 2. The molecule has 4 nitrogen and oxygen atoms in total. The van der Waals surface area contributed by atoms with Crippen LogP contribution in [0.4, 0.5) is 13.2 Å². The quantitative estimate of drug-likeness (QED) is 0.763. The Morgan fingerprint density at radius 2 is 1.69 bits per heavy atom. The molecular formula is C19H16F3N3O. The molecule has 1 atom stereocenters. The maximum absolute atomic E-state index is 13.7. The van der Waals surface area contributed by atoms with E-state index in [-0.39, 0.29) is 5.82 Å². The number of halogens is 3. The van der Waals surface area contributed by atoms with Crippen molar-refractivity contribution >= 4 is 5.91 Å². The molecule has 0 saturated carbocycles. The van der Waals surface area contributed by atoms with Gasteiger partial charge in [0.2, 0.25) is 0 Å². The lowest BCUT2D eigenvalue weighted by Gasteiger charge is -2.15. The van der Waals surface area contributed by atoms with Crippen molar-refractivity contribution in [1.82, 2.24) is 15.1 Å². The van der Waals surface area contributed by atoms with Crippen LogP contribution >= 0.6 is 0 Å². The van der Waals surface area contributed by atoms with Gasteiger partial charge in [-0.15, -0.1) is 0 Å². The van der Waals surface area contributed by atoms with Crippen LogP contribution in [-0.2, 0) is 0 Å². The van der Waals surface area contributed by atoms with E-state index in [0.29, 0.717) is 11.3 Å². The lowest BCUT2D eigenvalue weighted by Crippen LogP contribution is -2.28. The van der Waals surface area contributed by atoms with Crippen molar-refractivity contribution in [1.29, 1.82) is 0 Å². The molecule has 3 aromatic rings. The molecule has 2 aromatic carbocycles. The highest BCUT2D eigenvalue weighted by Crippen LogP contribution is 2.21. The van der Waals surface area contributed by atoms with Crippen molar-refractivity contribution in [2.75, 3.05) is 0 Å². The van der Waals surface area contributed by atoms with E-state index in [1.165, 1.54) is 18.2 Å². The maximum atomic E-state index is 13.7. The van der Waals surface area contributed by atoms with E-state index in [1.807, 2.05) is 0 Å². The zero-order valence-electron chi connectivity index (χ0n) is 14.1. The molecule has 0 aliphatic carbocycles. The average molecular weight is 359 g/mol. The lowest BCUT2D eigenvalue weighted by molar-refractivity contribution is 0.0931. The Hall–Kier alpha value is -3.09. The summed E-state index contributed by atoms with van der Waals surface area (Å²) in [6.07, 6.45) is 1.56. The Morgan fingerprint density at radius 3 is 2.31 bits per heavy atom. The Bertz CT molecular complexity index is 931. The number of hydrogen-bond acceptors (Lipinski definition) is 2. The minimum Gasteiger partial charge on any atom is -0.345 e. The van der Waals surface area contributed by atoms with Gasteiger partial charge in [-0.25, -0.2) is 17.9 Å². The summed E-state index contributed by atoms with van der Waals surface area (Å²) in [5, 5.41) is 6.82.